The number of hydrogen-bond donors (Lipinski definition) is 0. The summed E-state index contributed by atoms with van der Waals surface area (Å²) in [5.41, 5.74) is 3.45. The van der Waals surface area contributed by atoms with Gasteiger partial charge in [0.2, 0.25) is 0 Å². The molecule has 0 bridgehead atoms. The summed E-state index contributed by atoms with van der Waals surface area (Å²) >= 11 is 0. The van der Waals surface area contributed by atoms with Gasteiger partial charge in [0.25, 0.3) is 0 Å². The molecule has 0 aromatic heterocycles. The summed E-state index contributed by atoms with van der Waals surface area (Å²) in [6.07, 6.45) is 3.95. The van der Waals surface area contributed by atoms with Crippen molar-refractivity contribution in [2.24, 2.45) is 5.41 Å². The third kappa shape index (κ3) is 3.18. The second-order valence-electron chi connectivity index (χ2n) is 10.8. The van der Waals surface area contributed by atoms with E-state index >= 15 is 0 Å². The highest BCUT2D eigenvalue weighted by molar-refractivity contribution is 6.32. The molecule has 3 unspecified atom stereocenters. The Hall–Kier alpha value is -4.77. The van der Waals surface area contributed by atoms with Crippen LogP contribution in [0.2, 0.25) is 0 Å². The standard InChI is InChI=1S/C35H27NO4/c1-21-15-17-28-23(19-21)16-18-29-35(33(38)26-13-6-7-14-27(26)34(35)39)30(24-11-8-12-25(20-24)40-2)31(36(28)29)32(37)22-9-4-3-5-10-22/h3-20,29-31H,1-2H3. The minimum absolute atomic E-state index is 0.131. The van der Waals surface area contributed by atoms with Crippen LogP contribution in [0.5, 0.6) is 5.75 Å². The average molecular weight is 526 g/mol. The molecule has 1 fully saturated rings. The zero-order valence-electron chi connectivity index (χ0n) is 22.2. The number of aryl methyl sites for hydroxylation is 1. The van der Waals surface area contributed by atoms with Gasteiger partial charge in [0.15, 0.2) is 17.3 Å². The van der Waals surface area contributed by atoms with Gasteiger partial charge in [0, 0.05) is 28.3 Å². The van der Waals surface area contributed by atoms with Crippen LogP contribution in [0.3, 0.4) is 0 Å². The van der Waals surface area contributed by atoms with Crippen molar-refractivity contribution in [1.82, 2.24) is 0 Å². The summed E-state index contributed by atoms with van der Waals surface area (Å²) in [6.45, 7) is 2.03. The maximum absolute atomic E-state index is 14.7. The quantitative estimate of drug-likeness (QED) is 0.231. The lowest BCUT2D eigenvalue weighted by Crippen LogP contribution is -2.48. The summed E-state index contributed by atoms with van der Waals surface area (Å²) in [7, 11) is 1.59. The van der Waals surface area contributed by atoms with E-state index in [1.165, 1.54) is 0 Å². The van der Waals surface area contributed by atoms with Crippen molar-refractivity contribution in [3.05, 3.63) is 137 Å². The number of nitrogens with zero attached hydrogens (tertiary/aromatic N) is 1. The maximum Gasteiger partial charge on any atom is 0.185 e. The molecule has 4 aromatic rings. The zero-order valence-corrected chi connectivity index (χ0v) is 22.2. The fourth-order valence-electron chi connectivity index (χ4n) is 7.08. The second-order valence-corrected chi connectivity index (χ2v) is 10.8. The Morgan fingerprint density at radius 1 is 0.825 bits per heavy atom. The van der Waals surface area contributed by atoms with Gasteiger partial charge in [-0.05, 0) is 42.3 Å². The van der Waals surface area contributed by atoms with Crippen LogP contribution < -0.4 is 9.64 Å². The molecule has 0 N–H and O–H groups in total. The van der Waals surface area contributed by atoms with Gasteiger partial charge in [-0.3, -0.25) is 14.4 Å². The number of fused-ring (bicyclic) bond motifs is 5. The van der Waals surface area contributed by atoms with Crippen molar-refractivity contribution in [2.45, 2.75) is 24.9 Å². The topological polar surface area (TPSA) is 63.7 Å². The van der Waals surface area contributed by atoms with Crippen LogP contribution in [0.15, 0.2) is 103 Å². The number of carbonyl (C=O) groups excluding carboxylic acids is 3. The Kier molecular flexibility index (Phi) is 5.39. The number of rotatable bonds is 4. The van der Waals surface area contributed by atoms with E-state index in [0.717, 1.165) is 22.4 Å². The minimum Gasteiger partial charge on any atom is -0.497 e. The van der Waals surface area contributed by atoms with Crippen LogP contribution in [0, 0.1) is 12.3 Å². The van der Waals surface area contributed by atoms with Gasteiger partial charge in [-0.25, -0.2) is 0 Å². The number of methoxy groups -OCH3 is 1. The summed E-state index contributed by atoms with van der Waals surface area (Å²) in [5, 5.41) is 0. The Morgan fingerprint density at radius 3 is 2.23 bits per heavy atom. The largest absolute Gasteiger partial charge is 0.497 e. The molecule has 5 heteroatoms. The molecule has 196 valence electrons. The molecule has 1 saturated heterocycles. The number of benzene rings is 4. The van der Waals surface area contributed by atoms with E-state index in [2.05, 4.69) is 6.07 Å². The second kappa shape index (κ2) is 8.88. The molecular weight excluding hydrogens is 498 g/mol. The summed E-state index contributed by atoms with van der Waals surface area (Å²) in [4.78, 5) is 46.0. The van der Waals surface area contributed by atoms with E-state index in [9.17, 15) is 14.4 Å². The van der Waals surface area contributed by atoms with Gasteiger partial charge in [-0.2, -0.15) is 0 Å². The number of carbonyl (C=O) groups is 3. The van der Waals surface area contributed by atoms with E-state index in [-0.39, 0.29) is 17.3 Å². The van der Waals surface area contributed by atoms with Gasteiger partial charge in [-0.1, -0.05) is 90.5 Å². The normalized spacial score (nSPS) is 21.8. The molecule has 2 heterocycles. The van der Waals surface area contributed by atoms with Crippen LogP contribution in [0.4, 0.5) is 5.69 Å². The van der Waals surface area contributed by atoms with Crippen LogP contribution in [0.1, 0.15) is 53.7 Å². The zero-order chi connectivity index (χ0) is 27.6. The third-order valence-electron chi connectivity index (χ3n) is 8.74. The van der Waals surface area contributed by atoms with Gasteiger partial charge < -0.3 is 9.64 Å². The minimum atomic E-state index is -1.52. The van der Waals surface area contributed by atoms with Crippen molar-refractivity contribution in [3.63, 3.8) is 0 Å². The Bertz CT molecular complexity index is 1700. The molecular formula is C35H27NO4. The Morgan fingerprint density at radius 2 is 1.52 bits per heavy atom. The summed E-state index contributed by atoms with van der Waals surface area (Å²) in [5.74, 6) is -0.761. The van der Waals surface area contributed by atoms with E-state index < -0.39 is 23.4 Å². The first kappa shape index (κ1) is 24.3. The van der Waals surface area contributed by atoms with E-state index in [0.29, 0.717) is 22.4 Å². The number of ketones is 3. The SMILES string of the molecule is COc1cccc(C2C(C(=O)c3ccccc3)N3c4ccc(C)cc4C=CC3C23C(=O)c2ccccc2C3=O)c1. The number of Topliss-reactive ketones (excluding diaryl/α,β-unsaturated/α-hetero) is 3. The van der Waals surface area contributed by atoms with E-state index in [1.807, 2.05) is 78.6 Å². The molecule has 3 atom stereocenters. The van der Waals surface area contributed by atoms with E-state index in [1.54, 1.807) is 43.5 Å². The molecule has 0 saturated carbocycles. The Labute approximate surface area is 232 Å². The van der Waals surface area contributed by atoms with Crippen LogP contribution >= 0.6 is 0 Å². The first-order valence-electron chi connectivity index (χ1n) is 13.5. The maximum atomic E-state index is 14.7. The number of anilines is 1. The lowest BCUT2D eigenvalue weighted by molar-refractivity contribution is 0.0665. The predicted octanol–water partition coefficient (Wildman–Crippen LogP) is 6.32. The average Bonchev–Trinajstić information content (AvgIpc) is 3.43. The molecule has 1 spiro atoms. The smallest absolute Gasteiger partial charge is 0.185 e. The molecule has 3 aliphatic rings. The summed E-state index contributed by atoms with van der Waals surface area (Å²) < 4.78 is 5.57. The fourth-order valence-corrected chi connectivity index (χ4v) is 7.08. The van der Waals surface area contributed by atoms with Gasteiger partial charge >= 0.3 is 0 Å². The lowest BCUT2D eigenvalue weighted by Gasteiger charge is -2.37. The lowest BCUT2D eigenvalue weighted by atomic mass is 9.64. The third-order valence-corrected chi connectivity index (χ3v) is 8.74. The van der Waals surface area contributed by atoms with Gasteiger partial charge in [0.1, 0.15) is 17.2 Å². The predicted molar refractivity (Wildman–Crippen MR) is 154 cm³/mol. The van der Waals surface area contributed by atoms with Crippen molar-refractivity contribution in [2.75, 3.05) is 12.0 Å². The van der Waals surface area contributed by atoms with Crippen molar-refractivity contribution in [3.8, 4) is 5.75 Å². The van der Waals surface area contributed by atoms with Gasteiger partial charge in [-0.15, -0.1) is 0 Å². The molecule has 0 radical (unpaired) electrons. The van der Waals surface area contributed by atoms with Crippen molar-refractivity contribution < 1.29 is 19.1 Å². The van der Waals surface area contributed by atoms with Gasteiger partial charge in [0.05, 0.1) is 13.2 Å². The monoisotopic (exact) mass is 525 g/mol. The first-order chi connectivity index (χ1) is 19.5. The summed E-state index contributed by atoms with van der Waals surface area (Å²) in [6, 6.07) is 28.3. The van der Waals surface area contributed by atoms with Crippen LogP contribution in [-0.2, 0) is 0 Å². The molecule has 4 aromatic carbocycles. The molecule has 2 aliphatic heterocycles. The highest BCUT2D eigenvalue weighted by atomic mass is 16.5. The van der Waals surface area contributed by atoms with Crippen molar-refractivity contribution >= 4 is 29.1 Å². The first-order valence-corrected chi connectivity index (χ1v) is 13.5. The molecule has 7 rings (SSSR count). The number of ether oxygens (including phenoxy) is 1. The molecule has 0 amide bonds. The van der Waals surface area contributed by atoms with Crippen LogP contribution in [-0.4, -0.2) is 36.5 Å². The van der Waals surface area contributed by atoms with Crippen LogP contribution in [0.25, 0.3) is 6.08 Å². The molecule has 40 heavy (non-hydrogen) atoms. The fraction of sp³-hybridized carbons (Fsp3) is 0.171. The van der Waals surface area contributed by atoms with E-state index in [4.69, 9.17) is 4.74 Å². The highest BCUT2D eigenvalue weighted by Crippen LogP contribution is 2.61. The molecule has 1 aliphatic carbocycles. The number of hydrogen-bond acceptors (Lipinski definition) is 5. The van der Waals surface area contributed by atoms with Crippen molar-refractivity contribution in [1.29, 1.82) is 0 Å². The highest BCUT2D eigenvalue weighted by Gasteiger charge is 2.71. The molecule has 5 nitrogen and oxygen atoms in total. The Balaban J connectivity index is 1.56.